The van der Waals surface area contributed by atoms with Crippen LogP contribution in [0.4, 0.5) is 0 Å². The number of nitrogens with zero attached hydrogens (tertiary/aromatic N) is 3. The molecule has 1 aromatic heterocycles. The third-order valence-electron chi connectivity index (χ3n) is 2.81. The van der Waals surface area contributed by atoms with Gasteiger partial charge in [-0.3, -0.25) is 9.98 Å². The third-order valence-corrected chi connectivity index (χ3v) is 2.81. The number of hydrogen-bond donors (Lipinski definition) is 1. The van der Waals surface area contributed by atoms with Gasteiger partial charge in [0.15, 0.2) is 5.96 Å². The van der Waals surface area contributed by atoms with Crippen molar-refractivity contribution in [3.8, 4) is 0 Å². The maximum atomic E-state index is 4.30. The molecule has 1 N–H and O–H groups in total. The Balaban J connectivity index is 0.00000324. The monoisotopic (exact) mass is 376 g/mol. The summed E-state index contributed by atoms with van der Waals surface area (Å²) < 4.78 is 0. The van der Waals surface area contributed by atoms with Crippen molar-refractivity contribution >= 4 is 29.9 Å². The van der Waals surface area contributed by atoms with E-state index in [0.29, 0.717) is 0 Å². The van der Waals surface area contributed by atoms with Crippen molar-refractivity contribution in [3.63, 3.8) is 0 Å². The Morgan fingerprint density at radius 1 is 1.42 bits per heavy atom. The summed E-state index contributed by atoms with van der Waals surface area (Å²) in [5, 5.41) is 3.36. The zero-order chi connectivity index (χ0) is 13.2. The molecule has 0 saturated carbocycles. The van der Waals surface area contributed by atoms with Crippen molar-refractivity contribution in [2.75, 3.05) is 27.2 Å². The molecule has 0 aromatic carbocycles. The van der Waals surface area contributed by atoms with E-state index in [0.717, 1.165) is 31.2 Å². The predicted molar refractivity (Wildman–Crippen MR) is 92.3 cm³/mol. The van der Waals surface area contributed by atoms with Crippen molar-refractivity contribution in [1.29, 1.82) is 0 Å². The van der Waals surface area contributed by atoms with Gasteiger partial charge in [-0.25, -0.2) is 0 Å². The van der Waals surface area contributed by atoms with Crippen LogP contribution >= 0.6 is 24.0 Å². The lowest BCUT2D eigenvalue weighted by Gasteiger charge is -2.21. The van der Waals surface area contributed by atoms with Gasteiger partial charge in [-0.1, -0.05) is 19.4 Å². The van der Waals surface area contributed by atoms with Crippen LogP contribution in [0.3, 0.4) is 0 Å². The molecule has 0 bridgehead atoms. The Morgan fingerprint density at radius 3 is 2.79 bits per heavy atom. The van der Waals surface area contributed by atoms with E-state index in [-0.39, 0.29) is 24.0 Å². The molecule has 0 radical (unpaired) electrons. The highest BCUT2D eigenvalue weighted by Crippen LogP contribution is 1.95. The second-order valence-electron chi connectivity index (χ2n) is 4.32. The minimum absolute atomic E-state index is 0. The van der Waals surface area contributed by atoms with Crippen LogP contribution in [0.25, 0.3) is 0 Å². The van der Waals surface area contributed by atoms with Crippen molar-refractivity contribution in [2.45, 2.75) is 26.2 Å². The highest BCUT2D eigenvalue weighted by molar-refractivity contribution is 14.0. The first-order chi connectivity index (χ1) is 8.77. The SMILES string of the molecule is CCCCN(C)C(=NC)NCCc1ccccn1.I. The van der Waals surface area contributed by atoms with Crippen LogP contribution in [0.15, 0.2) is 29.4 Å². The molecule has 0 aliphatic heterocycles. The molecule has 0 saturated heterocycles. The molecule has 1 rings (SSSR count). The van der Waals surface area contributed by atoms with E-state index in [4.69, 9.17) is 0 Å². The van der Waals surface area contributed by atoms with Crippen LogP contribution in [0.2, 0.25) is 0 Å². The minimum atomic E-state index is 0. The second-order valence-corrected chi connectivity index (χ2v) is 4.32. The number of aromatic nitrogens is 1. The van der Waals surface area contributed by atoms with E-state index in [1.165, 1.54) is 12.8 Å². The van der Waals surface area contributed by atoms with Crippen molar-refractivity contribution < 1.29 is 0 Å². The maximum absolute atomic E-state index is 4.30. The van der Waals surface area contributed by atoms with Gasteiger partial charge in [0.05, 0.1) is 0 Å². The number of unbranched alkanes of at least 4 members (excludes halogenated alkanes) is 1. The van der Waals surface area contributed by atoms with Gasteiger partial charge in [0.25, 0.3) is 0 Å². The van der Waals surface area contributed by atoms with Crippen LogP contribution < -0.4 is 5.32 Å². The van der Waals surface area contributed by atoms with Crippen molar-refractivity contribution in [3.05, 3.63) is 30.1 Å². The van der Waals surface area contributed by atoms with E-state index in [2.05, 4.69) is 34.2 Å². The summed E-state index contributed by atoms with van der Waals surface area (Å²) in [4.78, 5) is 10.8. The zero-order valence-corrected chi connectivity index (χ0v) is 14.4. The Kier molecular flexibility index (Phi) is 10.5. The molecule has 1 heterocycles. The molecule has 1 aromatic rings. The standard InChI is InChI=1S/C14H24N4.HI/c1-4-5-12-18(3)14(15-2)17-11-9-13-8-6-7-10-16-13;/h6-8,10H,4-5,9,11-12H2,1-3H3,(H,15,17);1H. The number of nitrogens with one attached hydrogen (secondary N) is 1. The Labute approximate surface area is 133 Å². The lowest BCUT2D eigenvalue weighted by Crippen LogP contribution is -2.40. The topological polar surface area (TPSA) is 40.5 Å². The quantitative estimate of drug-likeness (QED) is 0.471. The van der Waals surface area contributed by atoms with Crippen LogP contribution in [0.5, 0.6) is 0 Å². The van der Waals surface area contributed by atoms with Gasteiger partial charge < -0.3 is 10.2 Å². The fourth-order valence-corrected chi connectivity index (χ4v) is 1.73. The average Bonchev–Trinajstić information content (AvgIpc) is 2.42. The van der Waals surface area contributed by atoms with E-state index >= 15 is 0 Å². The number of pyridine rings is 1. The second kappa shape index (κ2) is 11.0. The first-order valence-corrected chi connectivity index (χ1v) is 6.59. The Bertz CT molecular complexity index is 354. The summed E-state index contributed by atoms with van der Waals surface area (Å²) in [6.07, 6.45) is 5.14. The van der Waals surface area contributed by atoms with Gasteiger partial charge in [-0.2, -0.15) is 0 Å². The van der Waals surface area contributed by atoms with Gasteiger partial charge in [-0.15, -0.1) is 24.0 Å². The molecular weight excluding hydrogens is 351 g/mol. The highest BCUT2D eigenvalue weighted by atomic mass is 127. The van der Waals surface area contributed by atoms with E-state index in [1.807, 2.05) is 31.4 Å². The molecule has 0 spiro atoms. The number of rotatable bonds is 6. The summed E-state index contributed by atoms with van der Waals surface area (Å²) in [6.45, 7) is 4.10. The molecule has 0 fully saturated rings. The zero-order valence-electron chi connectivity index (χ0n) is 12.1. The average molecular weight is 376 g/mol. The smallest absolute Gasteiger partial charge is 0.193 e. The molecule has 5 heteroatoms. The fraction of sp³-hybridized carbons (Fsp3) is 0.571. The predicted octanol–water partition coefficient (Wildman–Crippen LogP) is 2.55. The molecule has 0 aliphatic rings. The Morgan fingerprint density at radius 2 is 2.21 bits per heavy atom. The molecular formula is C14H25IN4. The van der Waals surface area contributed by atoms with Gasteiger partial charge in [0, 0.05) is 45.5 Å². The van der Waals surface area contributed by atoms with E-state index in [9.17, 15) is 0 Å². The number of guanidine groups is 1. The minimum Gasteiger partial charge on any atom is -0.356 e. The van der Waals surface area contributed by atoms with Crippen molar-refractivity contribution in [1.82, 2.24) is 15.2 Å². The largest absolute Gasteiger partial charge is 0.356 e. The number of aliphatic imine (C=N–C) groups is 1. The lowest BCUT2D eigenvalue weighted by molar-refractivity contribution is 0.465. The normalized spacial score (nSPS) is 10.8. The van der Waals surface area contributed by atoms with Crippen LogP contribution in [-0.4, -0.2) is 43.0 Å². The summed E-state index contributed by atoms with van der Waals surface area (Å²) in [6, 6.07) is 6.00. The molecule has 108 valence electrons. The molecule has 4 nitrogen and oxygen atoms in total. The van der Waals surface area contributed by atoms with Gasteiger partial charge in [0.2, 0.25) is 0 Å². The summed E-state index contributed by atoms with van der Waals surface area (Å²) in [7, 11) is 3.90. The number of halogens is 1. The number of hydrogen-bond acceptors (Lipinski definition) is 2. The van der Waals surface area contributed by atoms with E-state index in [1.54, 1.807) is 0 Å². The summed E-state index contributed by atoms with van der Waals surface area (Å²) >= 11 is 0. The van der Waals surface area contributed by atoms with Gasteiger partial charge >= 0.3 is 0 Å². The highest BCUT2D eigenvalue weighted by Gasteiger charge is 2.04. The lowest BCUT2D eigenvalue weighted by atomic mass is 10.3. The summed E-state index contributed by atoms with van der Waals surface area (Å²) in [5.41, 5.74) is 1.11. The third kappa shape index (κ3) is 7.34. The van der Waals surface area contributed by atoms with Crippen LogP contribution in [0, 0.1) is 0 Å². The Hall–Kier alpha value is -0.850. The fourth-order valence-electron chi connectivity index (χ4n) is 1.73. The molecule has 0 amide bonds. The first kappa shape index (κ1) is 18.1. The molecule has 0 atom stereocenters. The van der Waals surface area contributed by atoms with Crippen LogP contribution in [-0.2, 0) is 6.42 Å². The van der Waals surface area contributed by atoms with E-state index < -0.39 is 0 Å². The maximum Gasteiger partial charge on any atom is 0.193 e. The van der Waals surface area contributed by atoms with Crippen LogP contribution in [0.1, 0.15) is 25.5 Å². The first-order valence-electron chi connectivity index (χ1n) is 6.59. The molecule has 0 aliphatic carbocycles. The van der Waals surface area contributed by atoms with Gasteiger partial charge in [0.1, 0.15) is 0 Å². The summed E-state index contributed by atoms with van der Waals surface area (Å²) in [5.74, 6) is 0.958. The molecule has 0 unspecified atom stereocenters. The van der Waals surface area contributed by atoms with Gasteiger partial charge in [-0.05, 0) is 18.6 Å². The molecule has 19 heavy (non-hydrogen) atoms. The van der Waals surface area contributed by atoms with Crippen molar-refractivity contribution in [2.24, 2.45) is 4.99 Å².